The number of aromatic nitrogens is 4. The van der Waals surface area contributed by atoms with E-state index in [1.54, 1.807) is 0 Å². The molecule has 0 spiro atoms. The van der Waals surface area contributed by atoms with Gasteiger partial charge in [-0.15, -0.1) is 11.3 Å². The van der Waals surface area contributed by atoms with Crippen LogP contribution in [0.15, 0.2) is 194 Å². The standard InChI is InChI=1S/C59H44N4S/c1-37-18-16-25-43(34-37)63-51-31-15-14-28-48(51)54-52(63)33-32-47-46-29-17-30-49(55(46)64-56(47)54)53-38(2)35-42(45-27-13-12-26-44(45)39-19-6-3-7-20-39)36-50(53)59-61-57(40-21-8-4-9-22-40)60-58(62-59)41-23-10-5-11-24-41/h3-17,19-34,36-38H,18,35H2,1-2H3. The number of benzene rings is 7. The molecule has 2 aliphatic carbocycles. The maximum atomic E-state index is 5.39. The van der Waals surface area contributed by atoms with Crippen LogP contribution < -0.4 is 0 Å². The molecule has 5 heteroatoms. The summed E-state index contributed by atoms with van der Waals surface area (Å²) in [6.07, 6.45) is 11.4. The highest BCUT2D eigenvalue weighted by Crippen LogP contribution is 2.50. The minimum Gasteiger partial charge on any atom is -0.310 e. The average molecular weight is 841 g/mol. The molecule has 0 aliphatic heterocycles. The van der Waals surface area contributed by atoms with E-state index in [1.807, 2.05) is 47.7 Å². The van der Waals surface area contributed by atoms with Gasteiger partial charge in [0.1, 0.15) is 0 Å². The van der Waals surface area contributed by atoms with Crippen LogP contribution in [0, 0.1) is 11.8 Å². The number of nitrogens with zero attached hydrogens (tertiary/aromatic N) is 4. The van der Waals surface area contributed by atoms with Gasteiger partial charge in [-0.3, -0.25) is 0 Å². The molecule has 0 bridgehead atoms. The van der Waals surface area contributed by atoms with Crippen molar-refractivity contribution in [1.29, 1.82) is 0 Å². The molecular weight excluding hydrogens is 797 g/mol. The summed E-state index contributed by atoms with van der Waals surface area (Å²) in [5.41, 5.74) is 14.1. The zero-order valence-electron chi connectivity index (χ0n) is 35.7. The number of hydrogen-bond donors (Lipinski definition) is 0. The molecule has 0 fully saturated rings. The maximum absolute atomic E-state index is 5.39. The van der Waals surface area contributed by atoms with E-state index in [9.17, 15) is 0 Å². The third-order valence-corrected chi connectivity index (χ3v) is 14.3. The molecule has 4 nitrogen and oxygen atoms in total. The largest absolute Gasteiger partial charge is 0.310 e. The van der Waals surface area contributed by atoms with Crippen LogP contribution in [0.25, 0.3) is 98.3 Å². The number of hydrogen-bond acceptors (Lipinski definition) is 4. The van der Waals surface area contributed by atoms with Crippen molar-refractivity contribution in [1.82, 2.24) is 19.5 Å². The van der Waals surface area contributed by atoms with Gasteiger partial charge >= 0.3 is 0 Å². The SMILES string of the molecule is CC1C=C(n2c3ccccc3c3c4sc5c(C6=C(c7nc(-c8ccccc8)nc(-c8ccccc8)n7)C=C(c7ccccc7-c7ccccc7)CC6C)cccc5c4ccc32)C=CC1. The lowest BCUT2D eigenvalue weighted by Crippen LogP contribution is -2.12. The molecule has 7 aromatic carbocycles. The molecule has 2 unspecified atom stereocenters. The molecule has 0 N–H and O–H groups in total. The van der Waals surface area contributed by atoms with Crippen LogP contribution in [0.3, 0.4) is 0 Å². The van der Waals surface area contributed by atoms with Crippen molar-refractivity contribution in [2.24, 2.45) is 11.8 Å². The van der Waals surface area contributed by atoms with E-state index in [-0.39, 0.29) is 5.92 Å². The Balaban J connectivity index is 1.14. The van der Waals surface area contributed by atoms with E-state index >= 15 is 0 Å². The monoisotopic (exact) mass is 840 g/mol. The van der Waals surface area contributed by atoms with E-state index in [4.69, 9.17) is 15.0 Å². The fourth-order valence-corrected chi connectivity index (χ4v) is 11.5. The van der Waals surface area contributed by atoms with Crippen LogP contribution in [0.5, 0.6) is 0 Å². The van der Waals surface area contributed by atoms with Gasteiger partial charge in [-0.05, 0) is 82.4 Å². The summed E-state index contributed by atoms with van der Waals surface area (Å²) in [7, 11) is 0. The van der Waals surface area contributed by atoms with Crippen LogP contribution in [-0.4, -0.2) is 19.5 Å². The van der Waals surface area contributed by atoms with Crippen molar-refractivity contribution in [2.75, 3.05) is 0 Å². The Kier molecular flexibility index (Phi) is 9.38. The topological polar surface area (TPSA) is 43.6 Å². The smallest absolute Gasteiger partial charge is 0.164 e. The first kappa shape index (κ1) is 38.2. The molecule has 0 saturated heterocycles. The lowest BCUT2D eigenvalue weighted by Gasteiger charge is -2.28. The zero-order valence-corrected chi connectivity index (χ0v) is 36.6. The predicted octanol–water partition coefficient (Wildman–Crippen LogP) is 15.8. The fourth-order valence-electron chi connectivity index (χ4n) is 10.1. The first-order valence-electron chi connectivity index (χ1n) is 22.3. The van der Waals surface area contributed by atoms with Gasteiger partial charge in [0.15, 0.2) is 17.5 Å². The van der Waals surface area contributed by atoms with Crippen LogP contribution in [0.2, 0.25) is 0 Å². The molecule has 306 valence electrons. The molecule has 3 heterocycles. The Hall–Kier alpha value is -7.47. The van der Waals surface area contributed by atoms with Crippen LogP contribution in [0.4, 0.5) is 0 Å². The van der Waals surface area contributed by atoms with Gasteiger partial charge < -0.3 is 4.57 Å². The summed E-state index contributed by atoms with van der Waals surface area (Å²) in [6, 6.07) is 60.7. The van der Waals surface area contributed by atoms with Crippen molar-refractivity contribution >= 4 is 75.7 Å². The quantitative estimate of drug-likeness (QED) is 0.161. The normalized spacial score (nSPS) is 16.5. The minimum atomic E-state index is 0.140. The van der Waals surface area contributed by atoms with Crippen molar-refractivity contribution in [3.63, 3.8) is 0 Å². The van der Waals surface area contributed by atoms with Crippen LogP contribution in [-0.2, 0) is 0 Å². The molecule has 2 aliphatic rings. The van der Waals surface area contributed by atoms with Gasteiger partial charge in [-0.1, -0.05) is 184 Å². The summed E-state index contributed by atoms with van der Waals surface area (Å²) >= 11 is 1.92. The number of para-hydroxylation sites is 1. The summed E-state index contributed by atoms with van der Waals surface area (Å²) < 4.78 is 5.08. The summed E-state index contributed by atoms with van der Waals surface area (Å²) in [4.78, 5) is 15.9. The van der Waals surface area contributed by atoms with Gasteiger partial charge in [0.05, 0.1) is 11.0 Å². The first-order valence-corrected chi connectivity index (χ1v) is 23.1. The van der Waals surface area contributed by atoms with E-state index < -0.39 is 0 Å². The molecule has 10 aromatic rings. The Morgan fingerprint density at radius 3 is 1.83 bits per heavy atom. The number of allylic oxidation sites excluding steroid dienone is 8. The van der Waals surface area contributed by atoms with Crippen molar-refractivity contribution in [3.8, 4) is 33.9 Å². The van der Waals surface area contributed by atoms with Gasteiger partial charge in [0, 0.05) is 53.3 Å². The number of rotatable bonds is 7. The first-order chi connectivity index (χ1) is 31.6. The molecule has 2 atom stereocenters. The van der Waals surface area contributed by atoms with Gasteiger partial charge in [-0.25, -0.2) is 15.0 Å². The number of fused-ring (bicyclic) bond motifs is 7. The molecule has 64 heavy (non-hydrogen) atoms. The van der Waals surface area contributed by atoms with Crippen molar-refractivity contribution in [2.45, 2.75) is 26.7 Å². The minimum absolute atomic E-state index is 0.140. The van der Waals surface area contributed by atoms with E-state index in [1.165, 1.54) is 81.1 Å². The molecule has 12 rings (SSSR count). The molecular formula is C59H44N4S. The Labute approximate surface area is 377 Å². The molecule has 0 radical (unpaired) electrons. The van der Waals surface area contributed by atoms with Crippen LogP contribution in [0.1, 0.15) is 43.6 Å². The highest BCUT2D eigenvalue weighted by molar-refractivity contribution is 7.27. The zero-order chi connectivity index (χ0) is 42.7. The Bertz CT molecular complexity index is 3510. The third-order valence-electron chi connectivity index (χ3n) is 13.0. The fraction of sp³-hybridized carbons (Fsp3) is 0.102. The van der Waals surface area contributed by atoms with Gasteiger partial charge in [0.2, 0.25) is 0 Å². The van der Waals surface area contributed by atoms with Gasteiger partial charge in [-0.2, -0.15) is 0 Å². The maximum Gasteiger partial charge on any atom is 0.164 e. The third kappa shape index (κ3) is 6.46. The van der Waals surface area contributed by atoms with Gasteiger partial charge in [0.25, 0.3) is 0 Å². The summed E-state index contributed by atoms with van der Waals surface area (Å²) in [5.74, 6) is 2.62. The lowest BCUT2D eigenvalue weighted by atomic mass is 9.77. The molecule has 3 aromatic heterocycles. The predicted molar refractivity (Wildman–Crippen MR) is 271 cm³/mol. The summed E-state index contributed by atoms with van der Waals surface area (Å²) in [6.45, 7) is 4.69. The average Bonchev–Trinajstić information content (AvgIpc) is 3.91. The highest BCUT2D eigenvalue weighted by atomic mass is 32.1. The second-order valence-electron chi connectivity index (χ2n) is 17.2. The molecule has 0 amide bonds. The number of thiophene rings is 1. The van der Waals surface area contributed by atoms with E-state index in [0.717, 1.165) is 29.5 Å². The lowest BCUT2D eigenvalue weighted by molar-refractivity contribution is 0.735. The van der Waals surface area contributed by atoms with E-state index in [0.29, 0.717) is 23.4 Å². The van der Waals surface area contributed by atoms with Crippen LogP contribution >= 0.6 is 11.3 Å². The van der Waals surface area contributed by atoms with E-state index in [2.05, 4.69) is 176 Å². The van der Waals surface area contributed by atoms with Crippen molar-refractivity contribution in [3.05, 3.63) is 211 Å². The Morgan fingerprint density at radius 2 is 1.11 bits per heavy atom. The summed E-state index contributed by atoms with van der Waals surface area (Å²) in [5, 5.41) is 5.16. The second kappa shape index (κ2) is 15.7. The highest BCUT2D eigenvalue weighted by Gasteiger charge is 2.29. The second-order valence-corrected chi connectivity index (χ2v) is 18.3. The Morgan fingerprint density at radius 1 is 0.516 bits per heavy atom. The molecule has 0 saturated carbocycles. The van der Waals surface area contributed by atoms with Crippen molar-refractivity contribution < 1.29 is 0 Å².